The van der Waals surface area contributed by atoms with E-state index in [0.717, 1.165) is 0 Å². The highest BCUT2D eigenvalue weighted by Gasteiger charge is 2.19. The molecule has 88 valence electrons. The number of nitrogens with zero attached hydrogens (tertiary/aromatic N) is 3. The first kappa shape index (κ1) is 11.6. The van der Waals surface area contributed by atoms with Crippen molar-refractivity contribution < 1.29 is 4.79 Å². The Balaban J connectivity index is 2.43. The van der Waals surface area contributed by atoms with Gasteiger partial charge in [0.25, 0.3) is 0 Å². The molecule has 2 aromatic heterocycles. The average molecular weight is 251 g/mol. The molecular formula is C11H11ClN4O. The van der Waals surface area contributed by atoms with E-state index in [-0.39, 0.29) is 5.78 Å². The summed E-state index contributed by atoms with van der Waals surface area (Å²) in [5, 5.41) is 4.34. The van der Waals surface area contributed by atoms with Crippen LogP contribution < -0.4 is 5.73 Å². The molecule has 2 rings (SSSR count). The number of nitrogen functional groups attached to an aromatic ring is 1. The summed E-state index contributed by atoms with van der Waals surface area (Å²) in [6, 6.07) is 3.20. The molecule has 0 aliphatic heterocycles. The van der Waals surface area contributed by atoms with Crippen LogP contribution in [0, 0.1) is 0 Å². The van der Waals surface area contributed by atoms with E-state index >= 15 is 0 Å². The summed E-state index contributed by atoms with van der Waals surface area (Å²) in [7, 11) is 0. The first-order valence-electron chi connectivity index (χ1n) is 5.11. The minimum Gasteiger partial charge on any atom is -0.397 e. The van der Waals surface area contributed by atoms with Gasteiger partial charge in [-0.05, 0) is 19.1 Å². The van der Waals surface area contributed by atoms with Gasteiger partial charge in [0, 0.05) is 6.54 Å². The molecule has 0 aliphatic carbocycles. The number of hydrogen-bond acceptors (Lipinski definition) is 4. The Labute approximate surface area is 103 Å². The summed E-state index contributed by atoms with van der Waals surface area (Å²) in [5.41, 5.74) is 6.68. The largest absolute Gasteiger partial charge is 0.397 e. The van der Waals surface area contributed by atoms with Crippen LogP contribution in [-0.4, -0.2) is 20.5 Å². The van der Waals surface area contributed by atoms with Gasteiger partial charge < -0.3 is 5.73 Å². The summed E-state index contributed by atoms with van der Waals surface area (Å²) >= 11 is 5.94. The Kier molecular flexibility index (Phi) is 3.10. The molecule has 0 bridgehead atoms. The quantitative estimate of drug-likeness (QED) is 0.843. The number of halogens is 1. The van der Waals surface area contributed by atoms with E-state index in [0.29, 0.717) is 28.6 Å². The third-order valence-electron chi connectivity index (χ3n) is 2.33. The van der Waals surface area contributed by atoms with Crippen LogP contribution in [0.25, 0.3) is 0 Å². The third kappa shape index (κ3) is 2.14. The Bertz CT molecular complexity index is 547. The van der Waals surface area contributed by atoms with Gasteiger partial charge in [0.2, 0.25) is 5.78 Å². The van der Waals surface area contributed by atoms with Gasteiger partial charge in [-0.3, -0.25) is 14.5 Å². The molecule has 0 saturated carbocycles. The second-order valence-corrected chi connectivity index (χ2v) is 3.87. The van der Waals surface area contributed by atoms with Crippen molar-refractivity contribution in [3.63, 3.8) is 0 Å². The number of aromatic nitrogens is 3. The second-order valence-electron chi connectivity index (χ2n) is 3.46. The van der Waals surface area contributed by atoms with Crippen LogP contribution in [0.3, 0.4) is 0 Å². The Hall–Kier alpha value is -1.88. The van der Waals surface area contributed by atoms with Crippen LogP contribution in [0.1, 0.15) is 23.1 Å². The van der Waals surface area contributed by atoms with Gasteiger partial charge in [-0.15, -0.1) is 0 Å². The zero-order chi connectivity index (χ0) is 12.4. The minimum absolute atomic E-state index is 0.255. The van der Waals surface area contributed by atoms with E-state index in [1.54, 1.807) is 16.8 Å². The van der Waals surface area contributed by atoms with Crippen LogP contribution in [0.4, 0.5) is 5.69 Å². The molecule has 0 atom stereocenters. The molecule has 2 heterocycles. The molecule has 0 aromatic carbocycles. The number of aryl methyl sites for hydroxylation is 1. The number of anilines is 1. The Morgan fingerprint density at radius 3 is 2.82 bits per heavy atom. The fourth-order valence-electron chi connectivity index (χ4n) is 1.49. The van der Waals surface area contributed by atoms with E-state index in [1.807, 2.05) is 6.92 Å². The highest BCUT2D eigenvalue weighted by Crippen LogP contribution is 2.18. The monoisotopic (exact) mass is 250 g/mol. The number of hydrogen-bond donors (Lipinski definition) is 1. The first-order chi connectivity index (χ1) is 8.13. The highest BCUT2D eigenvalue weighted by atomic mass is 35.5. The molecule has 0 spiro atoms. The summed E-state index contributed by atoms with van der Waals surface area (Å²) in [6.07, 6.45) is 2.89. The fraction of sp³-hybridized carbons (Fsp3) is 0.182. The predicted molar refractivity (Wildman–Crippen MR) is 65.0 cm³/mol. The van der Waals surface area contributed by atoms with Gasteiger partial charge >= 0.3 is 0 Å². The topological polar surface area (TPSA) is 73.8 Å². The van der Waals surface area contributed by atoms with Gasteiger partial charge in [0.1, 0.15) is 11.4 Å². The number of carbonyl (C=O) groups excluding carboxylic acids is 1. The minimum atomic E-state index is -0.255. The molecule has 17 heavy (non-hydrogen) atoms. The zero-order valence-electron chi connectivity index (χ0n) is 9.22. The van der Waals surface area contributed by atoms with Gasteiger partial charge in [-0.2, -0.15) is 5.10 Å². The Morgan fingerprint density at radius 2 is 2.24 bits per heavy atom. The smallest absolute Gasteiger partial charge is 0.230 e. The SMILES string of the molecule is CCn1ncc(Cl)c1C(=O)c1ccc(N)cn1. The molecule has 0 radical (unpaired) electrons. The molecule has 0 amide bonds. The number of ketones is 1. The van der Waals surface area contributed by atoms with Crippen molar-refractivity contribution in [1.29, 1.82) is 0 Å². The van der Waals surface area contributed by atoms with E-state index in [4.69, 9.17) is 17.3 Å². The molecular weight excluding hydrogens is 240 g/mol. The van der Waals surface area contributed by atoms with E-state index < -0.39 is 0 Å². The van der Waals surface area contributed by atoms with Crippen LogP contribution in [0.15, 0.2) is 24.5 Å². The van der Waals surface area contributed by atoms with Crippen molar-refractivity contribution in [2.45, 2.75) is 13.5 Å². The lowest BCUT2D eigenvalue weighted by Gasteiger charge is -2.04. The zero-order valence-corrected chi connectivity index (χ0v) is 9.98. The maximum Gasteiger partial charge on any atom is 0.230 e. The molecule has 5 nitrogen and oxygen atoms in total. The van der Waals surface area contributed by atoms with Crippen LogP contribution in [0.2, 0.25) is 5.02 Å². The van der Waals surface area contributed by atoms with Crippen molar-refractivity contribution in [3.8, 4) is 0 Å². The number of pyridine rings is 1. The summed E-state index contributed by atoms with van der Waals surface area (Å²) in [4.78, 5) is 16.1. The fourth-order valence-corrected chi connectivity index (χ4v) is 1.72. The van der Waals surface area contributed by atoms with E-state index in [9.17, 15) is 4.79 Å². The normalized spacial score (nSPS) is 10.5. The molecule has 0 aliphatic rings. The summed E-state index contributed by atoms with van der Waals surface area (Å²) in [5.74, 6) is -0.255. The predicted octanol–water partition coefficient (Wildman–Crippen LogP) is 1.76. The third-order valence-corrected chi connectivity index (χ3v) is 2.61. The van der Waals surface area contributed by atoms with Crippen molar-refractivity contribution in [3.05, 3.63) is 40.9 Å². The van der Waals surface area contributed by atoms with Crippen molar-refractivity contribution in [1.82, 2.24) is 14.8 Å². The van der Waals surface area contributed by atoms with Crippen molar-refractivity contribution in [2.75, 3.05) is 5.73 Å². The Morgan fingerprint density at radius 1 is 1.47 bits per heavy atom. The average Bonchev–Trinajstić information content (AvgIpc) is 2.70. The highest BCUT2D eigenvalue weighted by molar-refractivity contribution is 6.34. The van der Waals surface area contributed by atoms with Gasteiger partial charge in [0.05, 0.1) is 23.1 Å². The van der Waals surface area contributed by atoms with Crippen LogP contribution in [-0.2, 0) is 6.54 Å². The molecule has 0 unspecified atom stereocenters. The molecule has 6 heteroatoms. The van der Waals surface area contributed by atoms with Gasteiger partial charge in [-0.1, -0.05) is 11.6 Å². The van der Waals surface area contributed by atoms with E-state index in [2.05, 4.69) is 10.1 Å². The standard InChI is InChI=1S/C11H11ClN4O/c1-2-16-10(8(12)6-15-16)11(17)9-4-3-7(13)5-14-9/h3-6H,2,13H2,1H3. The summed E-state index contributed by atoms with van der Waals surface area (Å²) < 4.78 is 1.54. The number of carbonyl (C=O) groups is 1. The molecule has 2 aromatic rings. The van der Waals surface area contributed by atoms with Crippen LogP contribution >= 0.6 is 11.6 Å². The number of rotatable bonds is 3. The lowest BCUT2D eigenvalue weighted by molar-refractivity contribution is 0.102. The first-order valence-corrected chi connectivity index (χ1v) is 5.48. The maximum atomic E-state index is 12.2. The van der Waals surface area contributed by atoms with Crippen molar-refractivity contribution >= 4 is 23.1 Å². The lowest BCUT2D eigenvalue weighted by atomic mass is 10.2. The molecule has 2 N–H and O–H groups in total. The molecule has 0 fully saturated rings. The molecule has 0 saturated heterocycles. The van der Waals surface area contributed by atoms with Crippen LogP contribution in [0.5, 0.6) is 0 Å². The maximum absolute atomic E-state index is 12.2. The second kappa shape index (κ2) is 4.55. The lowest BCUT2D eigenvalue weighted by Crippen LogP contribution is -2.12. The van der Waals surface area contributed by atoms with E-state index in [1.165, 1.54) is 12.4 Å². The van der Waals surface area contributed by atoms with Gasteiger partial charge in [0.15, 0.2) is 0 Å². The van der Waals surface area contributed by atoms with Crippen molar-refractivity contribution in [2.24, 2.45) is 0 Å². The number of nitrogens with two attached hydrogens (primary N) is 1. The summed E-state index contributed by atoms with van der Waals surface area (Å²) in [6.45, 7) is 2.46. The van der Waals surface area contributed by atoms with Gasteiger partial charge in [-0.25, -0.2) is 0 Å².